The smallest absolute Gasteiger partial charge is 0.113 e. The average molecular weight is 284 g/mol. The average Bonchev–Trinajstić information content (AvgIpc) is 2.94. The van der Waals surface area contributed by atoms with Crippen molar-refractivity contribution >= 4 is 11.3 Å². The number of nitrogens with one attached hydrogen (secondary N) is 1. The van der Waals surface area contributed by atoms with E-state index in [0.717, 1.165) is 45.4 Å². The fourth-order valence-corrected chi connectivity index (χ4v) is 3.59. The Bertz CT molecular complexity index is 356. The van der Waals surface area contributed by atoms with Gasteiger partial charge in [0.1, 0.15) is 5.01 Å². The second kappa shape index (κ2) is 7.33. The number of thiazole rings is 1. The van der Waals surface area contributed by atoms with Crippen LogP contribution in [0.5, 0.6) is 0 Å². The number of hydrogen-bond donors (Lipinski definition) is 1. The van der Waals surface area contributed by atoms with Crippen LogP contribution in [0.1, 0.15) is 37.6 Å². The lowest BCUT2D eigenvalue weighted by Crippen LogP contribution is -2.50. The third kappa shape index (κ3) is 3.75. The Morgan fingerprint density at radius 3 is 3.21 bits per heavy atom. The van der Waals surface area contributed by atoms with Crippen LogP contribution in [-0.4, -0.2) is 38.0 Å². The van der Waals surface area contributed by atoms with Crippen molar-refractivity contribution in [3.05, 3.63) is 16.6 Å². The molecule has 0 radical (unpaired) electrons. The molecule has 2 unspecified atom stereocenters. The SMILES string of the molecule is CCCC1CC(NCCOC)(c2nccs2)CCO1. The summed E-state index contributed by atoms with van der Waals surface area (Å²) in [4.78, 5) is 4.55. The molecule has 2 heterocycles. The molecule has 2 rings (SSSR count). The molecule has 108 valence electrons. The maximum absolute atomic E-state index is 5.88. The van der Waals surface area contributed by atoms with Crippen molar-refractivity contribution < 1.29 is 9.47 Å². The summed E-state index contributed by atoms with van der Waals surface area (Å²) in [5.41, 5.74) is -0.0230. The topological polar surface area (TPSA) is 43.4 Å². The van der Waals surface area contributed by atoms with E-state index in [4.69, 9.17) is 9.47 Å². The maximum Gasteiger partial charge on any atom is 0.113 e. The van der Waals surface area contributed by atoms with Crippen molar-refractivity contribution in [1.29, 1.82) is 0 Å². The first kappa shape index (κ1) is 14.9. The Balaban J connectivity index is 2.09. The van der Waals surface area contributed by atoms with E-state index >= 15 is 0 Å². The molecule has 0 saturated carbocycles. The quantitative estimate of drug-likeness (QED) is 0.782. The van der Waals surface area contributed by atoms with Gasteiger partial charge in [-0.05, 0) is 19.3 Å². The normalized spacial score (nSPS) is 27.6. The van der Waals surface area contributed by atoms with Gasteiger partial charge in [-0.3, -0.25) is 0 Å². The lowest BCUT2D eigenvalue weighted by atomic mass is 9.85. The summed E-state index contributed by atoms with van der Waals surface area (Å²) < 4.78 is 11.0. The first-order valence-corrected chi connectivity index (χ1v) is 7.94. The van der Waals surface area contributed by atoms with Gasteiger partial charge >= 0.3 is 0 Å². The lowest BCUT2D eigenvalue weighted by molar-refractivity contribution is -0.0362. The highest BCUT2D eigenvalue weighted by Gasteiger charge is 2.39. The summed E-state index contributed by atoms with van der Waals surface area (Å²) in [6.45, 7) is 4.60. The van der Waals surface area contributed by atoms with Crippen LogP contribution >= 0.6 is 11.3 Å². The highest BCUT2D eigenvalue weighted by molar-refractivity contribution is 7.09. The molecular weight excluding hydrogens is 260 g/mol. The van der Waals surface area contributed by atoms with Gasteiger partial charge in [-0.15, -0.1) is 11.3 Å². The van der Waals surface area contributed by atoms with E-state index in [1.807, 2.05) is 6.20 Å². The van der Waals surface area contributed by atoms with Gasteiger partial charge in [0.25, 0.3) is 0 Å². The van der Waals surface area contributed by atoms with E-state index in [2.05, 4.69) is 22.6 Å². The van der Waals surface area contributed by atoms with Crippen molar-refractivity contribution in [3.63, 3.8) is 0 Å². The van der Waals surface area contributed by atoms with Gasteiger partial charge in [-0.1, -0.05) is 13.3 Å². The summed E-state index contributed by atoms with van der Waals surface area (Å²) >= 11 is 1.74. The second-order valence-corrected chi connectivity index (χ2v) is 5.97. The van der Waals surface area contributed by atoms with Crippen LogP contribution in [0.3, 0.4) is 0 Å². The van der Waals surface area contributed by atoms with Crippen molar-refractivity contribution in [2.24, 2.45) is 0 Å². The number of ether oxygens (including phenoxy) is 2. The molecule has 1 aromatic heterocycles. The van der Waals surface area contributed by atoms with Gasteiger partial charge in [0.15, 0.2) is 0 Å². The van der Waals surface area contributed by atoms with Crippen LogP contribution < -0.4 is 5.32 Å². The van der Waals surface area contributed by atoms with Crippen molar-refractivity contribution in [2.75, 3.05) is 26.9 Å². The Labute approximate surface area is 119 Å². The summed E-state index contributed by atoms with van der Waals surface area (Å²) in [7, 11) is 1.74. The molecule has 1 saturated heterocycles. The zero-order chi connectivity index (χ0) is 13.6. The van der Waals surface area contributed by atoms with E-state index < -0.39 is 0 Å². The zero-order valence-corrected chi connectivity index (χ0v) is 12.7. The van der Waals surface area contributed by atoms with Gasteiger partial charge in [0, 0.05) is 31.8 Å². The minimum Gasteiger partial charge on any atom is -0.383 e. The standard InChI is InChI=1S/C14H24N2O2S/c1-3-4-12-11-14(5-8-18-12,16-6-9-17-2)13-15-7-10-19-13/h7,10,12,16H,3-6,8-9,11H2,1-2H3. The predicted octanol–water partition coefficient (Wildman–Crippen LogP) is 2.55. The molecule has 5 heteroatoms. The van der Waals surface area contributed by atoms with Crippen LogP contribution in [0.25, 0.3) is 0 Å². The van der Waals surface area contributed by atoms with Gasteiger partial charge in [0.05, 0.1) is 18.2 Å². The second-order valence-electron chi connectivity index (χ2n) is 5.07. The van der Waals surface area contributed by atoms with Crippen molar-refractivity contribution in [2.45, 2.75) is 44.2 Å². The highest BCUT2D eigenvalue weighted by atomic mass is 32.1. The van der Waals surface area contributed by atoms with Crippen LogP contribution in [0.2, 0.25) is 0 Å². The molecule has 1 N–H and O–H groups in total. The van der Waals surface area contributed by atoms with Crippen LogP contribution in [0.15, 0.2) is 11.6 Å². The largest absolute Gasteiger partial charge is 0.383 e. The van der Waals surface area contributed by atoms with Crippen LogP contribution in [0, 0.1) is 0 Å². The number of nitrogens with zero attached hydrogens (tertiary/aromatic N) is 1. The number of rotatable bonds is 7. The number of methoxy groups -OCH3 is 1. The van der Waals surface area contributed by atoms with E-state index in [9.17, 15) is 0 Å². The van der Waals surface area contributed by atoms with Gasteiger partial charge < -0.3 is 14.8 Å². The molecule has 0 aliphatic carbocycles. The number of aromatic nitrogens is 1. The van der Waals surface area contributed by atoms with E-state index in [1.54, 1.807) is 18.4 Å². The van der Waals surface area contributed by atoms with Crippen molar-refractivity contribution in [3.8, 4) is 0 Å². The third-order valence-corrected chi connectivity index (χ3v) is 4.66. The Hall–Kier alpha value is -0.490. The molecule has 1 aliphatic rings. The molecule has 1 fully saturated rings. The minimum absolute atomic E-state index is 0.0230. The summed E-state index contributed by atoms with van der Waals surface area (Å²) in [6, 6.07) is 0. The molecule has 1 aromatic rings. The molecule has 0 spiro atoms. The van der Waals surface area contributed by atoms with Crippen LogP contribution in [0.4, 0.5) is 0 Å². The Morgan fingerprint density at radius 2 is 2.53 bits per heavy atom. The van der Waals surface area contributed by atoms with E-state index in [-0.39, 0.29) is 5.54 Å². The molecule has 2 atom stereocenters. The van der Waals surface area contributed by atoms with Crippen molar-refractivity contribution in [1.82, 2.24) is 10.3 Å². The molecule has 1 aliphatic heterocycles. The van der Waals surface area contributed by atoms with Gasteiger partial charge in [0.2, 0.25) is 0 Å². The molecule has 0 bridgehead atoms. The minimum atomic E-state index is -0.0230. The number of hydrogen-bond acceptors (Lipinski definition) is 5. The highest BCUT2D eigenvalue weighted by Crippen LogP contribution is 2.36. The summed E-state index contributed by atoms with van der Waals surface area (Å²) in [6.07, 6.45) is 6.53. The monoisotopic (exact) mass is 284 g/mol. The molecule has 0 aromatic carbocycles. The molecular formula is C14H24N2O2S. The molecule has 4 nitrogen and oxygen atoms in total. The lowest BCUT2D eigenvalue weighted by Gasteiger charge is -2.40. The molecule has 19 heavy (non-hydrogen) atoms. The Morgan fingerprint density at radius 1 is 1.63 bits per heavy atom. The summed E-state index contributed by atoms with van der Waals surface area (Å²) in [5.74, 6) is 0. The third-order valence-electron chi connectivity index (χ3n) is 3.68. The maximum atomic E-state index is 5.88. The van der Waals surface area contributed by atoms with Crippen LogP contribution in [-0.2, 0) is 15.0 Å². The fraction of sp³-hybridized carbons (Fsp3) is 0.786. The van der Waals surface area contributed by atoms with Gasteiger partial charge in [-0.25, -0.2) is 4.98 Å². The first-order valence-electron chi connectivity index (χ1n) is 7.06. The zero-order valence-electron chi connectivity index (χ0n) is 11.9. The Kier molecular flexibility index (Phi) is 5.76. The van der Waals surface area contributed by atoms with Gasteiger partial charge in [-0.2, -0.15) is 0 Å². The van der Waals surface area contributed by atoms with E-state index in [1.165, 1.54) is 5.01 Å². The first-order chi connectivity index (χ1) is 9.30. The molecule has 0 amide bonds. The van der Waals surface area contributed by atoms with E-state index in [0.29, 0.717) is 6.10 Å². The predicted molar refractivity (Wildman–Crippen MR) is 77.6 cm³/mol. The fourth-order valence-electron chi connectivity index (χ4n) is 2.74. The summed E-state index contributed by atoms with van der Waals surface area (Å²) in [5, 5.41) is 6.91.